The van der Waals surface area contributed by atoms with Gasteiger partial charge in [0.2, 0.25) is 5.91 Å². The lowest BCUT2D eigenvalue weighted by molar-refractivity contribution is -0.130. The van der Waals surface area contributed by atoms with Gasteiger partial charge in [-0.1, -0.05) is 6.92 Å². The third-order valence-corrected chi connectivity index (χ3v) is 5.38. The topological polar surface area (TPSA) is 48.0 Å². The third kappa shape index (κ3) is 6.37. The first-order chi connectivity index (χ1) is 14.5. The van der Waals surface area contributed by atoms with E-state index in [9.17, 15) is 9.18 Å². The molecule has 5 nitrogen and oxygen atoms in total. The maximum absolute atomic E-state index is 14.3. The van der Waals surface area contributed by atoms with Crippen molar-refractivity contribution in [1.29, 1.82) is 0 Å². The standard InChI is InChI=1S/C24H30FNO4/c1-4-20(26(3)17(2)27)16-30-22-11-9-21(10-12-22)29-15-19-7-8-23(13-24(19)25)28-14-18-5-6-18/h7-13,18,20H,4-6,14-16H2,1-3H3. The second-order valence-electron chi connectivity index (χ2n) is 7.77. The summed E-state index contributed by atoms with van der Waals surface area (Å²) in [6.07, 6.45) is 3.22. The molecule has 0 bridgehead atoms. The molecule has 0 aliphatic heterocycles. The van der Waals surface area contributed by atoms with Gasteiger partial charge < -0.3 is 19.1 Å². The maximum Gasteiger partial charge on any atom is 0.219 e. The lowest BCUT2D eigenvalue weighted by atomic mass is 10.2. The highest BCUT2D eigenvalue weighted by molar-refractivity contribution is 5.73. The minimum absolute atomic E-state index is 0.0175. The molecule has 2 aromatic carbocycles. The van der Waals surface area contributed by atoms with Gasteiger partial charge in [-0.25, -0.2) is 4.39 Å². The molecular weight excluding hydrogens is 385 g/mol. The summed E-state index contributed by atoms with van der Waals surface area (Å²) >= 11 is 0. The fraction of sp³-hybridized carbons (Fsp3) is 0.458. The quantitative estimate of drug-likeness (QED) is 0.527. The number of rotatable bonds is 11. The molecule has 1 atom stereocenters. The molecule has 30 heavy (non-hydrogen) atoms. The summed E-state index contributed by atoms with van der Waals surface area (Å²) in [5, 5.41) is 0. The van der Waals surface area contributed by atoms with E-state index in [0.29, 0.717) is 41.9 Å². The molecule has 0 spiro atoms. The van der Waals surface area contributed by atoms with Crippen LogP contribution in [0.4, 0.5) is 4.39 Å². The van der Waals surface area contributed by atoms with E-state index in [1.54, 1.807) is 55.3 Å². The highest BCUT2D eigenvalue weighted by atomic mass is 19.1. The van der Waals surface area contributed by atoms with Crippen molar-refractivity contribution in [2.45, 2.75) is 45.8 Å². The Labute approximate surface area is 177 Å². The highest BCUT2D eigenvalue weighted by Crippen LogP contribution is 2.30. The predicted molar refractivity (Wildman–Crippen MR) is 113 cm³/mol. The first-order valence-corrected chi connectivity index (χ1v) is 10.5. The molecule has 0 aromatic heterocycles. The van der Waals surface area contributed by atoms with Gasteiger partial charge in [-0.3, -0.25) is 4.79 Å². The number of ether oxygens (including phenoxy) is 3. The Bertz CT molecular complexity index is 836. The maximum atomic E-state index is 14.3. The predicted octanol–water partition coefficient (Wildman–Crippen LogP) is 4.83. The summed E-state index contributed by atoms with van der Waals surface area (Å²) in [7, 11) is 1.78. The van der Waals surface area contributed by atoms with Gasteiger partial charge >= 0.3 is 0 Å². The van der Waals surface area contributed by atoms with Crippen LogP contribution in [-0.2, 0) is 11.4 Å². The van der Waals surface area contributed by atoms with Gasteiger partial charge in [0, 0.05) is 25.6 Å². The molecule has 1 aliphatic rings. The zero-order valence-corrected chi connectivity index (χ0v) is 17.9. The number of likely N-dealkylation sites (N-methyl/N-ethyl adjacent to an activating group) is 1. The number of amides is 1. The van der Waals surface area contributed by atoms with E-state index in [1.807, 2.05) is 6.92 Å². The summed E-state index contributed by atoms with van der Waals surface area (Å²) in [4.78, 5) is 13.2. The van der Waals surface area contributed by atoms with E-state index >= 15 is 0 Å². The second kappa shape index (κ2) is 10.3. The molecule has 0 heterocycles. The molecule has 0 radical (unpaired) electrons. The van der Waals surface area contributed by atoms with E-state index in [4.69, 9.17) is 14.2 Å². The summed E-state index contributed by atoms with van der Waals surface area (Å²) in [6, 6.07) is 12.1. The van der Waals surface area contributed by atoms with E-state index in [1.165, 1.54) is 18.9 Å². The van der Waals surface area contributed by atoms with Gasteiger partial charge in [-0.2, -0.15) is 0 Å². The Balaban J connectivity index is 1.47. The van der Waals surface area contributed by atoms with E-state index in [2.05, 4.69) is 0 Å². The zero-order valence-electron chi connectivity index (χ0n) is 17.9. The average Bonchev–Trinajstić information content (AvgIpc) is 3.57. The van der Waals surface area contributed by atoms with E-state index < -0.39 is 0 Å². The van der Waals surface area contributed by atoms with Gasteiger partial charge in [-0.05, 0) is 61.6 Å². The van der Waals surface area contributed by atoms with Crippen LogP contribution in [0.25, 0.3) is 0 Å². The van der Waals surface area contributed by atoms with Crippen molar-refractivity contribution in [3.05, 3.63) is 53.8 Å². The number of hydrogen-bond donors (Lipinski definition) is 0. The van der Waals surface area contributed by atoms with E-state index in [-0.39, 0.29) is 24.4 Å². The minimum atomic E-state index is -0.330. The minimum Gasteiger partial charge on any atom is -0.493 e. The first-order valence-electron chi connectivity index (χ1n) is 10.5. The molecule has 0 saturated heterocycles. The highest BCUT2D eigenvalue weighted by Gasteiger charge is 2.22. The fourth-order valence-corrected chi connectivity index (χ4v) is 2.98. The van der Waals surface area contributed by atoms with Crippen LogP contribution >= 0.6 is 0 Å². The zero-order chi connectivity index (χ0) is 21.5. The SMILES string of the molecule is CCC(COc1ccc(OCc2ccc(OCC3CC3)cc2F)cc1)N(C)C(C)=O. The van der Waals surface area contributed by atoms with Crippen molar-refractivity contribution in [2.75, 3.05) is 20.3 Å². The molecule has 0 N–H and O–H groups in total. The fourth-order valence-electron chi connectivity index (χ4n) is 2.98. The van der Waals surface area contributed by atoms with Crippen LogP contribution in [0.5, 0.6) is 17.2 Å². The van der Waals surface area contributed by atoms with E-state index in [0.717, 1.165) is 6.42 Å². The van der Waals surface area contributed by atoms with Gasteiger partial charge in [0.25, 0.3) is 0 Å². The largest absolute Gasteiger partial charge is 0.493 e. The number of nitrogens with zero attached hydrogens (tertiary/aromatic N) is 1. The van der Waals surface area contributed by atoms with Gasteiger partial charge in [-0.15, -0.1) is 0 Å². The van der Waals surface area contributed by atoms with Crippen molar-refractivity contribution in [2.24, 2.45) is 5.92 Å². The second-order valence-corrected chi connectivity index (χ2v) is 7.77. The first kappa shape index (κ1) is 21.9. The van der Waals surface area contributed by atoms with Crippen LogP contribution < -0.4 is 14.2 Å². The normalized spacial score (nSPS) is 14.1. The smallest absolute Gasteiger partial charge is 0.219 e. The number of carbonyl (C=O) groups excluding carboxylic acids is 1. The Morgan fingerprint density at radius 2 is 1.70 bits per heavy atom. The molecule has 6 heteroatoms. The number of benzene rings is 2. The Kier molecular flexibility index (Phi) is 7.55. The Morgan fingerprint density at radius 3 is 2.27 bits per heavy atom. The summed E-state index contributed by atoms with van der Waals surface area (Å²) in [5.41, 5.74) is 0.479. The number of halogens is 1. The molecule has 3 rings (SSSR count). The average molecular weight is 416 g/mol. The van der Waals surface area contributed by atoms with Crippen LogP contribution in [0.1, 0.15) is 38.7 Å². The Morgan fingerprint density at radius 1 is 1.07 bits per heavy atom. The lowest BCUT2D eigenvalue weighted by Crippen LogP contribution is -2.39. The summed E-state index contributed by atoms with van der Waals surface area (Å²) < 4.78 is 31.4. The van der Waals surface area contributed by atoms with Crippen molar-refractivity contribution in [3.63, 3.8) is 0 Å². The van der Waals surface area contributed by atoms with Gasteiger partial charge in [0.05, 0.1) is 12.6 Å². The molecule has 162 valence electrons. The van der Waals surface area contributed by atoms with Crippen LogP contribution in [0.15, 0.2) is 42.5 Å². The Hall–Kier alpha value is -2.76. The van der Waals surface area contributed by atoms with Crippen LogP contribution in [0, 0.1) is 11.7 Å². The molecule has 1 amide bonds. The third-order valence-electron chi connectivity index (χ3n) is 5.38. The monoisotopic (exact) mass is 415 g/mol. The summed E-state index contributed by atoms with van der Waals surface area (Å²) in [6.45, 7) is 4.79. The molecule has 1 aliphatic carbocycles. The molecule has 1 unspecified atom stereocenters. The lowest BCUT2D eigenvalue weighted by Gasteiger charge is -2.26. The van der Waals surface area contributed by atoms with Gasteiger partial charge in [0.15, 0.2) is 0 Å². The van der Waals surface area contributed by atoms with Crippen molar-refractivity contribution in [3.8, 4) is 17.2 Å². The number of carbonyl (C=O) groups is 1. The molecule has 2 aromatic rings. The van der Waals surface area contributed by atoms with Crippen molar-refractivity contribution >= 4 is 5.91 Å². The molecule has 1 fully saturated rings. The molecule has 1 saturated carbocycles. The molecular formula is C24H30FNO4. The van der Waals surface area contributed by atoms with Crippen molar-refractivity contribution < 1.29 is 23.4 Å². The van der Waals surface area contributed by atoms with Gasteiger partial charge in [0.1, 0.15) is 36.3 Å². The van der Waals surface area contributed by atoms with Crippen LogP contribution in [0.3, 0.4) is 0 Å². The van der Waals surface area contributed by atoms with Crippen LogP contribution in [-0.4, -0.2) is 37.1 Å². The summed E-state index contributed by atoms with van der Waals surface area (Å²) in [5.74, 6) is 2.20. The van der Waals surface area contributed by atoms with Crippen LogP contribution in [0.2, 0.25) is 0 Å². The number of hydrogen-bond acceptors (Lipinski definition) is 4. The van der Waals surface area contributed by atoms with Crippen molar-refractivity contribution in [1.82, 2.24) is 4.90 Å².